The molecular formula is C77H79BN2. The molecule has 400 valence electrons. The van der Waals surface area contributed by atoms with Gasteiger partial charge in [0.15, 0.2) is 0 Å². The number of aromatic nitrogens is 2. The predicted molar refractivity (Wildman–Crippen MR) is 343 cm³/mol. The molecule has 0 fully saturated rings. The normalized spacial score (nSPS) is 16.8. The van der Waals surface area contributed by atoms with E-state index >= 15 is 0 Å². The molecule has 3 aliphatic heterocycles. The monoisotopic (exact) mass is 1040 g/mol. The Morgan fingerprint density at radius 2 is 0.988 bits per heavy atom. The zero-order valence-electron chi connectivity index (χ0n) is 50.6. The summed E-state index contributed by atoms with van der Waals surface area (Å²) >= 11 is 0. The van der Waals surface area contributed by atoms with Crippen LogP contribution in [-0.2, 0) is 39.9 Å². The Balaban J connectivity index is 1.19. The van der Waals surface area contributed by atoms with Gasteiger partial charge in [0, 0.05) is 44.1 Å². The summed E-state index contributed by atoms with van der Waals surface area (Å²) in [6, 6.07) is 57.1. The molecule has 5 heterocycles. The summed E-state index contributed by atoms with van der Waals surface area (Å²) in [7, 11) is 0. The number of nitrogens with zero attached hydrogens (tertiary/aromatic N) is 2. The van der Waals surface area contributed by atoms with Crippen LogP contribution in [0.25, 0.3) is 77.6 Å². The van der Waals surface area contributed by atoms with Crippen molar-refractivity contribution in [3.63, 3.8) is 0 Å². The molecule has 3 heteroatoms. The van der Waals surface area contributed by atoms with Crippen molar-refractivity contribution in [2.24, 2.45) is 10.8 Å². The van der Waals surface area contributed by atoms with Crippen molar-refractivity contribution in [1.82, 2.24) is 9.13 Å². The first kappa shape index (κ1) is 50.2. The van der Waals surface area contributed by atoms with Gasteiger partial charge >= 0.3 is 0 Å². The van der Waals surface area contributed by atoms with Gasteiger partial charge in [-0.1, -0.05) is 232 Å². The molecule has 2 aromatic heterocycles. The van der Waals surface area contributed by atoms with E-state index in [0.29, 0.717) is 0 Å². The highest BCUT2D eigenvalue weighted by atomic mass is 15.1. The van der Waals surface area contributed by atoms with E-state index in [2.05, 4.69) is 259 Å². The van der Waals surface area contributed by atoms with E-state index in [4.69, 9.17) is 0 Å². The summed E-state index contributed by atoms with van der Waals surface area (Å²) in [5.41, 5.74) is 33.0. The van der Waals surface area contributed by atoms with Crippen molar-refractivity contribution >= 4 is 55.8 Å². The van der Waals surface area contributed by atoms with Gasteiger partial charge in [0.25, 0.3) is 6.71 Å². The summed E-state index contributed by atoms with van der Waals surface area (Å²) in [5.74, 6) is 0. The van der Waals surface area contributed by atoms with Crippen molar-refractivity contribution in [2.75, 3.05) is 0 Å². The third-order valence-corrected chi connectivity index (χ3v) is 20.0. The van der Waals surface area contributed by atoms with Crippen LogP contribution in [0.1, 0.15) is 179 Å². The van der Waals surface area contributed by atoms with Crippen LogP contribution < -0.4 is 16.4 Å². The van der Waals surface area contributed by atoms with Crippen LogP contribution in [0.3, 0.4) is 0 Å². The Hall–Kier alpha value is -6.84. The first-order valence-corrected chi connectivity index (χ1v) is 30.2. The van der Waals surface area contributed by atoms with Crippen LogP contribution >= 0.6 is 0 Å². The van der Waals surface area contributed by atoms with Gasteiger partial charge < -0.3 is 9.13 Å². The molecule has 2 aliphatic carbocycles. The highest BCUT2D eigenvalue weighted by molar-refractivity contribution is 7.00. The Kier molecular flexibility index (Phi) is 9.89. The SMILES string of the molecule is CC(C)(C)Cc1cc2c3c(c1)c1cc(CC(C)(C)C)cc4c1n3-c1c(ccc3c1B2c1cc2c(c5c(-c6ccc(C(C)(C)C)cc6)c(-c6ccc(C(C)(C)C)cc6)n-3c15)C(C)(C)CCC2(C)C)C41c2ccccc2-c2ccccc21. The Morgan fingerprint density at radius 3 is 1.56 bits per heavy atom. The second kappa shape index (κ2) is 15.8. The minimum atomic E-state index is -0.551. The molecular weight excluding hydrogens is 964 g/mol. The maximum absolute atomic E-state index is 2.83. The summed E-state index contributed by atoms with van der Waals surface area (Å²) in [4.78, 5) is 0. The number of fused-ring (bicyclic) bond motifs is 13. The Morgan fingerprint density at radius 1 is 0.463 bits per heavy atom. The number of hydrogen-bond donors (Lipinski definition) is 0. The molecule has 15 rings (SSSR count). The first-order valence-electron chi connectivity index (χ1n) is 30.2. The lowest BCUT2D eigenvalue weighted by atomic mass is 9.33. The number of benzene rings is 8. The molecule has 5 aliphatic rings. The molecule has 0 saturated heterocycles. The summed E-state index contributed by atoms with van der Waals surface area (Å²) < 4.78 is 5.65. The molecule has 0 unspecified atom stereocenters. The van der Waals surface area contributed by atoms with E-state index in [1.165, 1.54) is 144 Å². The quantitative estimate of drug-likeness (QED) is 0.156. The average Bonchev–Trinajstić information content (AvgIpc) is 2.31. The molecule has 80 heavy (non-hydrogen) atoms. The Labute approximate surface area is 476 Å². The van der Waals surface area contributed by atoms with Gasteiger partial charge in [-0.3, -0.25) is 0 Å². The van der Waals surface area contributed by atoms with Gasteiger partial charge in [0.2, 0.25) is 0 Å². The lowest BCUT2D eigenvalue weighted by Crippen LogP contribution is -2.61. The van der Waals surface area contributed by atoms with Gasteiger partial charge in [-0.05, 0) is 171 Å². The minimum absolute atomic E-state index is 0.0120. The predicted octanol–water partition coefficient (Wildman–Crippen LogP) is 18.0. The molecule has 2 nitrogen and oxygen atoms in total. The van der Waals surface area contributed by atoms with Crippen molar-refractivity contribution in [3.05, 3.63) is 195 Å². The van der Waals surface area contributed by atoms with Crippen LogP contribution in [0, 0.1) is 10.8 Å². The van der Waals surface area contributed by atoms with Crippen molar-refractivity contribution in [1.29, 1.82) is 0 Å². The summed E-state index contributed by atoms with van der Waals surface area (Å²) in [6.45, 7) is 38.8. The molecule has 8 aromatic carbocycles. The summed E-state index contributed by atoms with van der Waals surface area (Å²) in [6.07, 6.45) is 4.27. The molecule has 0 amide bonds. The van der Waals surface area contributed by atoms with Gasteiger partial charge in [0.1, 0.15) is 0 Å². The van der Waals surface area contributed by atoms with E-state index in [1.54, 1.807) is 5.56 Å². The molecule has 0 radical (unpaired) electrons. The fourth-order valence-corrected chi connectivity index (χ4v) is 16.6. The fraction of sp³-hybridized carbons (Fsp3) is 0.351. The van der Waals surface area contributed by atoms with Crippen LogP contribution in [-0.4, -0.2) is 15.8 Å². The zero-order chi connectivity index (χ0) is 55.9. The van der Waals surface area contributed by atoms with Crippen molar-refractivity contribution in [3.8, 4) is 44.9 Å². The Bertz CT molecular complexity index is 4320. The van der Waals surface area contributed by atoms with Gasteiger partial charge in [0.05, 0.1) is 16.6 Å². The van der Waals surface area contributed by atoms with Crippen LogP contribution in [0.2, 0.25) is 0 Å². The fourth-order valence-electron chi connectivity index (χ4n) is 16.6. The van der Waals surface area contributed by atoms with Gasteiger partial charge in [-0.2, -0.15) is 0 Å². The van der Waals surface area contributed by atoms with E-state index in [9.17, 15) is 0 Å². The van der Waals surface area contributed by atoms with Gasteiger partial charge in [-0.25, -0.2) is 0 Å². The molecule has 0 atom stereocenters. The maximum atomic E-state index is 2.83. The number of hydrogen-bond acceptors (Lipinski definition) is 0. The number of rotatable bonds is 4. The lowest BCUT2D eigenvalue weighted by Gasteiger charge is -2.45. The van der Waals surface area contributed by atoms with Crippen LogP contribution in [0.5, 0.6) is 0 Å². The maximum Gasteiger partial charge on any atom is 0.252 e. The third kappa shape index (κ3) is 6.67. The molecule has 0 N–H and O–H groups in total. The van der Waals surface area contributed by atoms with Gasteiger partial charge in [-0.15, -0.1) is 0 Å². The third-order valence-electron chi connectivity index (χ3n) is 20.0. The van der Waals surface area contributed by atoms with E-state index in [-0.39, 0.29) is 39.2 Å². The van der Waals surface area contributed by atoms with Crippen molar-refractivity contribution in [2.45, 2.75) is 164 Å². The van der Waals surface area contributed by atoms with E-state index in [1.807, 2.05) is 0 Å². The zero-order valence-corrected chi connectivity index (χ0v) is 50.6. The van der Waals surface area contributed by atoms with E-state index in [0.717, 1.165) is 25.7 Å². The summed E-state index contributed by atoms with van der Waals surface area (Å²) in [5, 5.41) is 4.26. The first-order chi connectivity index (χ1) is 37.7. The highest BCUT2D eigenvalue weighted by Crippen LogP contribution is 2.63. The van der Waals surface area contributed by atoms with Crippen LogP contribution in [0.15, 0.2) is 140 Å². The smallest absolute Gasteiger partial charge is 0.252 e. The van der Waals surface area contributed by atoms with Crippen molar-refractivity contribution < 1.29 is 0 Å². The lowest BCUT2D eigenvalue weighted by molar-refractivity contribution is 0.335. The highest BCUT2D eigenvalue weighted by Gasteiger charge is 2.55. The average molecular weight is 1040 g/mol. The molecule has 1 spiro atoms. The van der Waals surface area contributed by atoms with E-state index < -0.39 is 5.41 Å². The van der Waals surface area contributed by atoms with Crippen LogP contribution in [0.4, 0.5) is 0 Å². The second-order valence-corrected chi connectivity index (χ2v) is 31.2. The molecule has 0 bridgehead atoms. The topological polar surface area (TPSA) is 9.86 Å². The standard InChI is InChI=1S/C77H79BN2/c1-71(2,3)42-44-37-52-53-38-45(43-72(4,5)6)40-59-68(53)80-67(52)58(39-44)77(54-23-19-17-21-50(54)51-22-18-20-24-55(51)77)56-33-34-61-65(69(56)80)78(59)60-41-57-64(76(15,16)36-35-75(57,13)14)63-62(46-25-29-48(30-26-46)73(7,8)9)66(79(61)70(60)63)47-27-31-49(32-28-47)74(10,11)12/h17-34,37-41H,35-36,42-43H2,1-16H3. The largest absolute Gasteiger partial charge is 0.310 e. The minimum Gasteiger partial charge on any atom is -0.310 e. The molecule has 0 saturated carbocycles. The second-order valence-electron chi connectivity index (χ2n) is 31.2. The molecule has 10 aromatic rings.